The van der Waals surface area contributed by atoms with Crippen LogP contribution in [0.5, 0.6) is 0 Å². The lowest BCUT2D eigenvalue weighted by atomic mass is 10.2. The van der Waals surface area contributed by atoms with Gasteiger partial charge in [0, 0.05) is 17.6 Å². The van der Waals surface area contributed by atoms with Gasteiger partial charge < -0.3 is 5.32 Å². The maximum absolute atomic E-state index is 12.5. The van der Waals surface area contributed by atoms with E-state index < -0.39 is 0 Å². The molecule has 6 nitrogen and oxygen atoms in total. The van der Waals surface area contributed by atoms with Crippen molar-refractivity contribution in [3.05, 3.63) is 81.5 Å². The summed E-state index contributed by atoms with van der Waals surface area (Å²) >= 11 is 13.8. The summed E-state index contributed by atoms with van der Waals surface area (Å²) in [6.07, 6.45) is 3.50. The zero-order valence-electron chi connectivity index (χ0n) is 15.0. The first-order valence-corrected chi connectivity index (χ1v) is 10.3. The lowest BCUT2D eigenvalue weighted by Crippen LogP contribution is -2.18. The van der Waals surface area contributed by atoms with Crippen molar-refractivity contribution in [2.45, 2.75) is 13.0 Å². The monoisotopic (exact) mass is 443 g/mol. The molecule has 0 radical (unpaired) electrons. The fourth-order valence-electron chi connectivity index (χ4n) is 2.74. The number of hydrogen-bond donors (Lipinski definition) is 1. The Hall–Kier alpha value is -2.74. The number of thiazole rings is 1. The van der Waals surface area contributed by atoms with Crippen LogP contribution >= 0.6 is 34.5 Å². The summed E-state index contributed by atoms with van der Waals surface area (Å²) in [7, 11) is 0. The summed E-state index contributed by atoms with van der Waals surface area (Å²) in [6, 6.07) is 12.8. The molecular weight excluding hydrogens is 429 g/mol. The van der Waals surface area contributed by atoms with Crippen LogP contribution in [0.4, 0.5) is 5.82 Å². The Morgan fingerprint density at radius 2 is 2.00 bits per heavy atom. The van der Waals surface area contributed by atoms with Crippen LogP contribution < -0.4 is 5.32 Å². The molecule has 3 heterocycles. The van der Waals surface area contributed by atoms with Gasteiger partial charge in [0.1, 0.15) is 10.8 Å². The van der Waals surface area contributed by atoms with Gasteiger partial charge in [-0.3, -0.25) is 9.78 Å². The predicted molar refractivity (Wildman–Crippen MR) is 115 cm³/mol. The molecule has 4 rings (SSSR count). The van der Waals surface area contributed by atoms with Gasteiger partial charge in [-0.1, -0.05) is 41.4 Å². The van der Waals surface area contributed by atoms with E-state index in [0.717, 1.165) is 16.3 Å². The van der Waals surface area contributed by atoms with E-state index in [2.05, 4.69) is 20.4 Å². The summed E-state index contributed by atoms with van der Waals surface area (Å²) in [6.45, 7) is 0.391. The largest absolute Gasteiger partial charge is 0.311 e. The summed E-state index contributed by atoms with van der Waals surface area (Å²) in [4.78, 5) is 21.3. The standard InChI is InChI=1S/C20H15Cl2N5OS/c21-15-5-3-4-13(19(15)22)11-27-17(7-9-24-27)26-18(28)10-14-12-29-20(25-14)16-6-1-2-8-23-16/h1-9,12H,10-11H2,(H,26,28). The Balaban J connectivity index is 1.43. The zero-order chi connectivity index (χ0) is 20.2. The minimum Gasteiger partial charge on any atom is -0.311 e. The van der Waals surface area contributed by atoms with Crippen molar-refractivity contribution in [3.63, 3.8) is 0 Å². The highest BCUT2D eigenvalue weighted by molar-refractivity contribution is 7.13. The smallest absolute Gasteiger partial charge is 0.231 e. The highest BCUT2D eigenvalue weighted by Gasteiger charge is 2.13. The third-order valence-electron chi connectivity index (χ3n) is 4.11. The van der Waals surface area contributed by atoms with Gasteiger partial charge in [0.15, 0.2) is 0 Å². The normalized spacial score (nSPS) is 10.8. The summed E-state index contributed by atoms with van der Waals surface area (Å²) in [5.41, 5.74) is 2.30. The molecule has 0 aliphatic carbocycles. The van der Waals surface area contributed by atoms with E-state index in [9.17, 15) is 4.79 Å². The number of carbonyl (C=O) groups excluding carboxylic acids is 1. The second kappa shape index (κ2) is 8.73. The zero-order valence-corrected chi connectivity index (χ0v) is 17.4. The van der Waals surface area contributed by atoms with E-state index >= 15 is 0 Å². The van der Waals surface area contributed by atoms with Crippen molar-refractivity contribution in [1.82, 2.24) is 19.7 Å². The van der Waals surface area contributed by atoms with Gasteiger partial charge in [0.05, 0.1) is 40.6 Å². The maximum Gasteiger partial charge on any atom is 0.231 e. The Labute approximate surface area is 181 Å². The van der Waals surface area contributed by atoms with E-state index in [1.807, 2.05) is 35.7 Å². The molecule has 29 heavy (non-hydrogen) atoms. The topological polar surface area (TPSA) is 72.7 Å². The summed E-state index contributed by atoms with van der Waals surface area (Å²) in [5.74, 6) is 0.396. The highest BCUT2D eigenvalue weighted by Crippen LogP contribution is 2.27. The Kier molecular flexibility index (Phi) is 5.89. The first-order chi connectivity index (χ1) is 14.1. The number of nitrogens with one attached hydrogen (secondary N) is 1. The van der Waals surface area contributed by atoms with Gasteiger partial charge in [-0.05, 0) is 23.8 Å². The van der Waals surface area contributed by atoms with Crippen LogP contribution in [0.3, 0.4) is 0 Å². The third kappa shape index (κ3) is 4.64. The average Bonchev–Trinajstić information content (AvgIpc) is 3.36. The molecule has 0 saturated heterocycles. The van der Waals surface area contributed by atoms with Crippen LogP contribution in [-0.2, 0) is 17.8 Å². The SMILES string of the molecule is O=C(Cc1csc(-c2ccccn2)n1)Nc1ccnn1Cc1cccc(Cl)c1Cl. The number of aromatic nitrogens is 4. The van der Waals surface area contributed by atoms with Crippen molar-refractivity contribution in [1.29, 1.82) is 0 Å². The minimum atomic E-state index is -0.179. The molecule has 9 heteroatoms. The molecule has 0 saturated carbocycles. The average molecular weight is 444 g/mol. The molecule has 0 fully saturated rings. The first kappa shape index (κ1) is 19.6. The number of pyridine rings is 1. The Morgan fingerprint density at radius 3 is 2.83 bits per heavy atom. The maximum atomic E-state index is 12.5. The number of amides is 1. The van der Waals surface area contributed by atoms with Crippen molar-refractivity contribution < 1.29 is 4.79 Å². The second-order valence-electron chi connectivity index (χ2n) is 6.17. The van der Waals surface area contributed by atoms with E-state index in [4.69, 9.17) is 23.2 Å². The Bertz CT molecular complexity index is 1140. The van der Waals surface area contributed by atoms with Crippen molar-refractivity contribution in [2.24, 2.45) is 0 Å². The molecule has 1 amide bonds. The number of nitrogens with zero attached hydrogens (tertiary/aromatic N) is 4. The molecule has 0 bridgehead atoms. The van der Waals surface area contributed by atoms with Gasteiger partial charge in [0.25, 0.3) is 0 Å². The molecule has 0 aliphatic heterocycles. The number of anilines is 1. The van der Waals surface area contributed by atoms with Crippen molar-refractivity contribution >= 4 is 46.3 Å². The molecule has 1 aromatic carbocycles. The highest BCUT2D eigenvalue weighted by atomic mass is 35.5. The van der Waals surface area contributed by atoms with E-state index in [1.165, 1.54) is 11.3 Å². The first-order valence-electron chi connectivity index (χ1n) is 8.70. The molecule has 0 atom stereocenters. The van der Waals surface area contributed by atoms with Crippen LogP contribution in [0.25, 0.3) is 10.7 Å². The quantitative estimate of drug-likeness (QED) is 0.457. The number of halogens is 2. The fourth-order valence-corrected chi connectivity index (χ4v) is 3.92. The van der Waals surface area contributed by atoms with Gasteiger partial charge in [-0.15, -0.1) is 11.3 Å². The van der Waals surface area contributed by atoms with Gasteiger partial charge in [0.2, 0.25) is 5.91 Å². The lowest BCUT2D eigenvalue weighted by molar-refractivity contribution is -0.115. The summed E-state index contributed by atoms with van der Waals surface area (Å²) < 4.78 is 1.66. The van der Waals surface area contributed by atoms with Crippen LogP contribution in [0.2, 0.25) is 10.0 Å². The number of benzene rings is 1. The number of carbonyl (C=O) groups is 1. The predicted octanol–water partition coefficient (Wildman–Crippen LogP) is 4.94. The third-order valence-corrected chi connectivity index (χ3v) is 5.88. The molecule has 4 aromatic rings. The van der Waals surface area contributed by atoms with Crippen LogP contribution in [0.15, 0.2) is 60.2 Å². The van der Waals surface area contributed by atoms with E-state index in [1.54, 1.807) is 29.2 Å². The molecule has 1 N–H and O–H groups in total. The molecule has 0 unspecified atom stereocenters. The van der Waals surface area contributed by atoms with Crippen LogP contribution in [0, 0.1) is 0 Å². The Morgan fingerprint density at radius 1 is 1.10 bits per heavy atom. The van der Waals surface area contributed by atoms with Gasteiger partial charge in [-0.2, -0.15) is 5.10 Å². The fraction of sp³-hybridized carbons (Fsp3) is 0.100. The molecule has 0 aliphatic rings. The van der Waals surface area contributed by atoms with E-state index in [-0.39, 0.29) is 12.3 Å². The van der Waals surface area contributed by atoms with Crippen LogP contribution in [0.1, 0.15) is 11.3 Å². The minimum absolute atomic E-state index is 0.159. The van der Waals surface area contributed by atoms with Crippen molar-refractivity contribution in [3.8, 4) is 10.7 Å². The van der Waals surface area contributed by atoms with Crippen molar-refractivity contribution in [2.75, 3.05) is 5.32 Å². The van der Waals surface area contributed by atoms with Gasteiger partial charge >= 0.3 is 0 Å². The van der Waals surface area contributed by atoms with Gasteiger partial charge in [-0.25, -0.2) is 9.67 Å². The molecule has 3 aromatic heterocycles. The molecular formula is C20H15Cl2N5OS. The van der Waals surface area contributed by atoms with E-state index in [0.29, 0.717) is 28.1 Å². The number of hydrogen-bond acceptors (Lipinski definition) is 5. The molecule has 0 spiro atoms. The van der Waals surface area contributed by atoms with Crippen LogP contribution in [-0.4, -0.2) is 25.7 Å². The lowest BCUT2D eigenvalue weighted by Gasteiger charge is -2.10. The summed E-state index contributed by atoms with van der Waals surface area (Å²) in [5, 5.41) is 10.8. The molecule has 146 valence electrons. The second-order valence-corrected chi connectivity index (χ2v) is 7.81. The number of rotatable bonds is 6.